The molecule has 2 amide bonds. The lowest BCUT2D eigenvalue weighted by molar-refractivity contribution is 0.171. The topological polar surface area (TPSA) is 32.3 Å². The summed E-state index contributed by atoms with van der Waals surface area (Å²) in [4.78, 5) is 14.1. The molecule has 0 spiro atoms. The number of hydrogen-bond donors (Lipinski definition) is 1. The Morgan fingerprint density at radius 3 is 2.74 bits per heavy atom. The molecule has 19 heavy (non-hydrogen) atoms. The smallest absolute Gasteiger partial charge is 0.317 e. The van der Waals surface area contributed by atoms with E-state index in [-0.39, 0.29) is 12.1 Å². The van der Waals surface area contributed by atoms with E-state index < -0.39 is 0 Å². The van der Waals surface area contributed by atoms with Crippen LogP contribution in [0.3, 0.4) is 0 Å². The lowest BCUT2D eigenvalue weighted by Gasteiger charge is -2.31. The number of nitrogens with one attached hydrogen (secondary N) is 1. The summed E-state index contributed by atoms with van der Waals surface area (Å²) in [5, 5.41) is 3.07. The van der Waals surface area contributed by atoms with E-state index in [0.29, 0.717) is 0 Å². The minimum atomic E-state index is 0.0318. The molecule has 1 unspecified atom stereocenters. The SMILES string of the molecule is CC1CCN(C(=O)NC(C)c2cccc(Br)c2)CC1. The second kappa shape index (κ2) is 6.42. The first-order valence-corrected chi connectivity index (χ1v) is 7.66. The van der Waals surface area contributed by atoms with Gasteiger partial charge in [-0.05, 0) is 43.4 Å². The summed E-state index contributed by atoms with van der Waals surface area (Å²) >= 11 is 3.46. The van der Waals surface area contributed by atoms with E-state index in [4.69, 9.17) is 0 Å². The molecule has 1 aliphatic heterocycles. The van der Waals surface area contributed by atoms with Crippen LogP contribution in [0, 0.1) is 5.92 Å². The largest absolute Gasteiger partial charge is 0.331 e. The van der Waals surface area contributed by atoms with Crippen molar-refractivity contribution in [2.75, 3.05) is 13.1 Å². The Hall–Kier alpha value is -1.03. The van der Waals surface area contributed by atoms with Gasteiger partial charge in [0.25, 0.3) is 0 Å². The molecule has 1 aromatic rings. The Morgan fingerprint density at radius 2 is 2.11 bits per heavy atom. The van der Waals surface area contributed by atoms with Crippen LogP contribution in [0.1, 0.15) is 38.3 Å². The van der Waals surface area contributed by atoms with E-state index in [2.05, 4.69) is 28.2 Å². The van der Waals surface area contributed by atoms with E-state index in [0.717, 1.165) is 41.9 Å². The fourth-order valence-corrected chi connectivity index (χ4v) is 2.76. The Morgan fingerprint density at radius 1 is 1.42 bits per heavy atom. The van der Waals surface area contributed by atoms with E-state index in [1.807, 2.05) is 36.1 Å². The molecule has 1 atom stereocenters. The summed E-state index contributed by atoms with van der Waals surface area (Å²) in [5.74, 6) is 0.742. The third-order valence-corrected chi connectivity index (χ3v) is 4.25. The maximum absolute atomic E-state index is 12.2. The molecule has 1 heterocycles. The predicted molar refractivity (Wildman–Crippen MR) is 81.1 cm³/mol. The first-order valence-electron chi connectivity index (χ1n) is 6.87. The van der Waals surface area contributed by atoms with Crippen LogP contribution in [0.5, 0.6) is 0 Å². The van der Waals surface area contributed by atoms with E-state index in [1.165, 1.54) is 0 Å². The second-order valence-electron chi connectivity index (χ2n) is 5.40. The molecular formula is C15H21BrN2O. The van der Waals surface area contributed by atoms with E-state index >= 15 is 0 Å². The van der Waals surface area contributed by atoms with E-state index in [1.54, 1.807) is 0 Å². The van der Waals surface area contributed by atoms with Crippen molar-refractivity contribution < 1.29 is 4.79 Å². The molecule has 0 saturated carbocycles. The normalized spacial score (nSPS) is 18.2. The third kappa shape index (κ3) is 3.96. The van der Waals surface area contributed by atoms with Crippen molar-refractivity contribution >= 4 is 22.0 Å². The molecule has 1 N–H and O–H groups in total. The number of piperidine rings is 1. The highest BCUT2D eigenvalue weighted by Gasteiger charge is 2.21. The first kappa shape index (κ1) is 14.4. The number of rotatable bonds is 2. The Bertz CT molecular complexity index is 442. The molecule has 0 aliphatic carbocycles. The van der Waals surface area contributed by atoms with Crippen molar-refractivity contribution in [1.29, 1.82) is 0 Å². The number of carbonyl (C=O) groups excluding carboxylic acids is 1. The van der Waals surface area contributed by atoms with Gasteiger partial charge in [0, 0.05) is 17.6 Å². The van der Waals surface area contributed by atoms with Crippen molar-refractivity contribution in [3.63, 3.8) is 0 Å². The van der Waals surface area contributed by atoms with Crippen molar-refractivity contribution in [3.8, 4) is 0 Å². The molecule has 1 fully saturated rings. The zero-order valence-electron chi connectivity index (χ0n) is 11.5. The number of carbonyl (C=O) groups is 1. The van der Waals surface area contributed by atoms with Gasteiger partial charge in [-0.25, -0.2) is 4.79 Å². The van der Waals surface area contributed by atoms with Gasteiger partial charge in [0.15, 0.2) is 0 Å². The Labute approximate surface area is 123 Å². The van der Waals surface area contributed by atoms with Crippen molar-refractivity contribution in [2.45, 2.75) is 32.7 Å². The van der Waals surface area contributed by atoms with Gasteiger partial charge in [0.2, 0.25) is 0 Å². The standard InChI is InChI=1S/C15H21BrN2O/c1-11-6-8-18(9-7-11)15(19)17-12(2)13-4-3-5-14(16)10-13/h3-5,10-12H,6-9H2,1-2H3,(H,17,19). The number of nitrogens with zero attached hydrogens (tertiary/aromatic N) is 1. The number of benzene rings is 1. The molecule has 1 aliphatic rings. The zero-order chi connectivity index (χ0) is 13.8. The lowest BCUT2D eigenvalue weighted by Crippen LogP contribution is -2.44. The fourth-order valence-electron chi connectivity index (χ4n) is 2.35. The average Bonchev–Trinajstić information content (AvgIpc) is 2.39. The summed E-state index contributed by atoms with van der Waals surface area (Å²) in [6.07, 6.45) is 2.22. The lowest BCUT2D eigenvalue weighted by atomic mass is 9.99. The zero-order valence-corrected chi connectivity index (χ0v) is 13.1. The Kier molecular flexibility index (Phi) is 4.86. The molecule has 4 heteroatoms. The maximum atomic E-state index is 12.2. The summed E-state index contributed by atoms with van der Waals surface area (Å²) in [6, 6.07) is 8.15. The summed E-state index contributed by atoms with van der Waals surface area (Å²) < 4.78 is 1.04. The number of urea groups is 1. The minimum Gasteiger partial charge on any atom is -0.331 e. The van der Waals surface area contributed by atoms with Gasteiger partial charge in [-0.3, -0.25) is 0 Å². The number of hydrogen-bond acceptors (Lipinski definition) is 1. The van der Waals surface area contributed by atoms with Gasteiger partial charge in [0.1, 0.15) is 0 Å². The van der Waals surface area contributed by atoms with Gasteiger partial charge in [0.05, 0.1) is 6.04 Å². The monoisotopic (exact) mass is 324 g/mol. The summed E-state index contributed by atoms with van der Waals surface area (Å²) in [7, 11) is 0. The van der Waals surface area contributed by atoms with Gasteiger partial charge < -0.3 is 10.2 Å². The number of amides is 2. The van der Waals surface area contributed by atoms with Crippen LogP contribution in [0.25, 0.3) is 0 Å². The first-order chi connectivity index (χ1) is 9.06. The maximum Gasteiger partial charge on any atom is 0.317 e. The Balaban J connectivity index is 1.91. The van der Waals surface area contributed by atoms with Crippen molar-refractivity contribution in [2.24, 2.45) is 5.92 Å². The molecule has 0 aromatic heterocycles. The van der Waals surface area contributed by atoms with Crippen LogP contribution in [-0.4, -0.2) is 24.0 Å². The molecule has 2 rings (SSSR count). The van der Waals surface area contributed by atoms with Crippen molar-refractivity contribution in [3.05, 3.63) is 34.3 Å². The second-order valence-corrected chi connectivity index (χ2v) is 6.31. The van der Waals surface area contributed by atoms with Crippen molar-refractivity contribution in [1.82, 2.24) is 10.2 Å². The highest BCUT2D eigenvalue weighted by Crippen LogP contribution is 2.19. The van der Waals surface area contributed by atoms with Gasteiger partial charge in [-0.1, -0.05) is 35.0 Å². The van der Waals surface area contributed by atoms with Gasteiger partial charge >= 0.3 is 6.03 Å². The third-order valence-electron chi connectivity index (χ3n) is 3.76. The number of likely N-dealkylation sites (tertiary alicyclic amines) is 1. The minimum absolute atomic E-state index is 0.0318. The average molecular weight is 325 g/mol. The van der Waals surface area contributed by atoms with Gasteiger partial charge in [-0.15, -0.1) is 0 Å². The van der Waals surface area contributed by atoms with Crippen LogP contribution in [0.2, 0.25) is 0 Å². The van der Waals surface area contributed by atoms with Crippen LogP contribution in [0.15, 0.2) is 28.7 Å². The van der Waals surface area contributed by atoms with E-state index in [9.17, 15) is 4.79 Å². The highest BCUT2D eigenvalue weighted by atomic mass is 79.9. The quantitative estimate of drug-likeness (QED) is 0.877. The summed E-state index contributed by atoms with van der Waals surface area (Å²) in [5.41, 5.74) is 1.12. The fraction of sp³-hybridized carbons (Fsp3) is 0.533. The van der Waals surface area contributed by atoms with Gasteiger partial charge in [-0.2, -0.15) is 0 Å². The predicted octanol–water partition coefficient (Wildman–Crippen LogP) is 3.95. The molecule has 0 radical (unpaired) electrons. The molecule has 104 valence electrons. The van der Waals surface area contributed by atoms with Crippen LogP contribution in [0.4, 0.5) is 4.79 Å². The number of halogens is 1. The van der Waals surface area contributed by atoms with Crippen LogP contribution >= 0.6 is 15.9 Å². The van der Waals surface area contributed by atoms with Crippen LogP contribution in [-0.2, 0) is 0 Å². The summed E-state index contributed by atoms with van der Waals surface area (Å²) in [6.45, 7) is 6.02. The molecule has 1 saturated heterocycles. The molecular weight excluding hydrogens is 304 g/mol. The molecule has 0 bridgehead atoms. The highest BCUT2D eigenvalue weighted by molar-refractivity contribution is 9.10. The molecule has 3 nitrogen and oxygen atoms in total. The van der Waals surface area contributed by atoms with Crippen LogP contribution < -0.4 is 5.32 Å². The molecule has 1 aromatic carbocycles.